The third kappa shape index (κ3) is 2.28. The molecular formula is C14H10Br2N2O. The smallest absolute Gasteiger partial charge is 0.139 e. The molecule has 0 atom stereocenters. The number of ether oxygens (including phenoxy) is 1. The van der Waals surface area contributed by atoms with Crippen LogP contribution in [0.15, 0.2) is 45.3 Å². The zero-order valence-electron chi connectivity index (χ0n) is 10.1. The number of nitrogens with zero attached hydrogens (tertiary/aromatic N) is 1. The number of H-pyrrole nitrogens is 1. The number of fused-ring (bicyclic) bond motifs is 1. The Balaban J connectivity index is 2.22. The van der Waals surface area contributed by atoms with Crippen LogP contribution in [0, 0.1) is 0 Å². The van der Waals surface area contributed by atoms with Crippen molar-refractivity contribution < 1.29 is 4.74 Å². The molecule has 0 radical (unpaired) electrons. The highest BCUT2D eigenvalue weighted by atomic mass is 79.9. The van der Waals surface area contributed by atoms with E-state index in [9.17, 15) is 0 Å². The molecule has 3 aromatic rings. The van der Waals surface area contributed by atoms with Gasteiger partial charge in [-0.2, -0.15) is 0 Å². The van der Waals surface area contributed by atoms with Crippen LogP contribution in [-0.2, 0) is 0 Å². The SMILES string of the molecule is COc1cc(Br)c2nc(-c3ccccc3Br)[nH]c2c1. The first-order chi connectivity index (χ1) is 9.19. The topological polar surface area (TPSA) is 37.9 Å². The van der Waals surface area contributed by atoms with Gasteiger partial charge in [0.25, 0.3) is 0 Å². The molecule has 5 heteroatoms. The molecule has 3 nitrogen and oxygen atoms in total. The molecule has 0 aliphatic carbocycles. The fourth-order valence-corrected chi connectivity index (χ4v) is 2.95. The second-order valence-corrected chi connectivity index (χ2v) is 5.78. The number of benzene rings is 2. The van der Waals surface area contributed by atoms with E-state index in [2.05, 4.69) is 41.8 Å². The summed E-state index contributed by atoms with van der Waals surface area (Å²) in [6, 6.07) is 11.8. The van der Waals surface area contributed by atoms with E-state index < -0.39 is 0 Å². The average Bonchev–Trinajstić information content (AvgIpc) is 2.83. The lowest BCUT2D eigenvalue weighted by Gasteiger charge is -1.99. The number of aromatic amines is 1. The zero-order valence-corrected chi connectivity index (χ0v) is 13.2. The standard InChI is InChI=1S/C14H10Br2N2O/c1-19-8-6-11(16)13-12(7-8)17-14(18-13)9-4-2-3-5-10(9)15/h2-7H,1H3,(H,17,18). The highest BCUT2D eigenvalue weighted by molar-refractivity contribution is 9.11. The number of hydrogen-bond donors (Lipinski definition) is 1. The van der Waals surface area contributed by atoms with Gasteiger partial charge in [0.2, 0.25) is 0 Å². The molecule has 19 heavy (non-hydrogen) atoms. The van der Waals surface area contributed by atoms with Crippen molar-refractivity contribution in [2.45, 2.75) is 0 Å². The molecule has 0 bridgehead atoms. The van der Waals surface area contributed by atoms with Crippen LogP contribution in [-0.4, -0.2) is 17.1 Å². The van der Waals surface area contributed by atoms with Crippen molar-refractivity contribution in [1.82, 2.24) is 9.97 Å². The minimum absolute atomic E-state index is 0.793. The van der Waals surface area contributed by atoms with Crippen molar-refractivity contribution in [2.24, 2.45) is 0 Å². The van der Waals surface area contributed by atoms with Crippen LogP contribution in [0.3, 0.4) is 0 Å². The van der Waals surface area contributed by atoms with E-state index in [4.69, 9.17) is 4.74 Å². The van der Waals surface area contributed by atoms with Crippen molar-refractivity contribution in [3.05, 3.63) is 45.3 Å². The van der Waals surface area contributed by atoms with E-state index in [0.29, 0.717) is 0 Å². The Labute approximate surface area is 127 Å². The third-order valence-corrected chi connectivity index (χ3v) is 4.17. The van der Waals surface area contributed by atoms with Crippen molar-refractivity contribution >= 4 is 42.9 Å². The number of nitrogens with one attached hydrogen (secondary N) is 1. The van der Waals surface area contributed by atoms with Gasteiger partial charge in [-0.25, -0.2) is 4.98 Å². The van der Waals surface area contributed by atoms with E-state index in [0.717, 1.165) is 37.1 Å². The maximum atomic E-state index is 5.25. The number of aromatic nitrogens is 2. The Kier molecular flexibility index (Phi) is 3.33. The van der Waals surface area contributed by atoms with Gasteiger partial charge in [-0.1, -0.05) is 34.1 Å². The van der Waals surface area contributed by atoms with Gasteiger partial charge >= 0.3 is 0 Å². The summed E-state index contributed by atoms with van der Waals surface area (Å²) in [7, 11) is 1.65. The van der Waals surface area contributed by atoms with Gasteiger partial charge < -0.3 is 9.72 Å². The quantitative estimate of drug-likeness (QED) is 0.694. The van der Waals surface area contributed by atoms with Crippen molar-refractivity contribution in [3.63, 3.8) is 0 Å². The fourth-order valence-electron chi connectivity index (χ4n) is 1.95. The van der Waals surface area contributed by atoms with E-state index in [1.54, 1.807) is 7.11 Å². The van der Waals surface area contributed by atoms with Crippen LogP contribution in [0.2, 0.25) is 0 Å². The maximum absolute atomic E-state index is 5.25. The lowest BCUT2D eigenvalue weighted by Crippen LogP contribution is -1.82. The van der Waals surface area contributed by atoms with Gasteiger partial charge in [-0.05, 0) is 28.1 Å². The second-order valence-electron chi connectivity index (χ2n) is 4.07. The van der Waals surface area contributed by atoms with Crippen LogP contribution in [0.5, 0.6) is 5.75 Å². The number of halogens is 2. The molecule has 1 aromatic heterocycles. The average molecular weight is 382 g/mol. The molecule has 0 unspecified atom stereocenters. The summed E-state index contributed by atoms with van der Waals surface area (Å²) in [5.74, 6) is 1.62. The molecule has 0 saturated carbocycles. The van der Waals surface area contributed by atoms with Gasteiger partial charge in [0.05, 0.1) is 12.6 Å². The predicted octanol–water partition coefficient (Wildman–Crippen LogP) is 4.76. The Morgan fingerprint density at radius 3 is 2.63 bits per heavy atom. The highest BCUT2D eigenvalue weighted by Crippen LogP contribution is 2.32. The minimum atomic E-state index is 0.793. The van der Waals surface area contributed by atoms with Gasteiger partial charge in [-0.15, -0.1) is 0 Å². The highest BCUT2D eigenvalue weighted by Gasteiger charge is 2.11. The molecule has 2 aromatic carbocycles. The second kappa shape index (κ2) is 4.98. The van der Waals surface area contributed by atoms with Crippen LogP contribution in [0.4, 0.5) is 0 Å². The zero-order chi connectivity index (χ0) is 13.4. The molecular weight excluding hydrogens is 372 g/mol. The molecule has 3 rings (SSSR count). The molecule has 0 aliphatic rings. The van der Waals surface area contributed by atoms with Gasteiger partial charge in [0.15, 0.2) is 0 Å². The maximum Gasteiger partial charge on any atom is 0.139 e. The number of hydrogen-bond acceptors (Lipinski definition) is 2. The molecule has 0 amide bonds. The summed E-state index contributed by atoms with van der Waals surface area (Å²) in [5, 5.41) is 0. The summed E-state index contributed by atoms with van der Waals surface area (Å²) in [6.07, 6.45) is 0. The van der Waals surface area contributed by atoms with E-state index in [-0.39, 0.29) is 0 Å². The summed E-state index contributed by atoms with van der Waals surface area (Å²) in [5.41, 5.74) is 2.87. The number of imidazole rings is 1. The third-order valence-electron chi connectivity index (χ3n) is 2.88. The summed E-state index contributed by atoms with van der Waals surface area (Å²) >= 11 is 7.06. The van der Waals surface area contributed by atoms with Gasteiger partial charge in [-0.3, -0.25) is 0 Å². The summed E-state index contributed by atoms with van der Waals surface area (Å²) in [4.78, 5) is 7.95. The molecule has 0 spiro atoms. The normalized spacial score (nSPS) is 10.9. The Bertz CT molecular complexity index is 752. The molecule has 0 fully saturated rings. The molecule has 0 aliphatic heterocycles. The van der Waals surface area contributed by atoms with Crippen molar-refractivity contribution in [2.75, 3.05) is 7.11 Å². The fraction of sp³-hybridized carbons (Fsp3) is 0.0714. The van der Waals surface area contributed by atoms with E-state index in [1.165, 1.54) is 0 Å². The van der Waals surface area contributed by atoms with Gasteiger partial charge in [0.1, 0.15) is 17.1 Å². The number of rotatable bonds is 2. The molecule has 1 heterocycles. The first kappa shape index (κ1) is 12.7. The van der Waals surface area contributed by atoms with Gasteiger partial charge in [0, 0.05) is 20.6 Å². The molecule has 0 saturated heterocycles. The van der Waals surface area contributed by atoms with Crippen LogP contribution in [0.25, 0.3) is 22.4 Å². The summed E-state index contributed by atoms with van der Waals surface area (Å²) in [6.45, 7) is 0. The van der Waals surface area contributed by atoms with E-state index >= 15 is 0 Å². The number of methoxy groups -OCH3 is 1. The monoisotopic (exact) mass is 380 g/mol. The van der Waals surface area contributed by atoms with Crippen LogP contribution < -0.4 is 4.74 Å². The Hall–Kier alpha value is -1.33. The van der Waals surface area contributed by atoms with Crippen LogP contribution in [0.1, 0.15) is 0 Å². The predicted molar refractivity (Wildman–Crippen MR) is 83.5 cm³/mol. The molecule has 96 valence electrons. The minimum Gasteiger partial charge on any atom is -0.497 e. The Morgan fingerprint density at radius 1 is 1.11 bits per heavy atom. The van der Waals surface area contributed by atoms with Crippen molar-refractivity contribution in [3.8, 4) is 17.1 Å². The largest absolute Gasteiger partial charge is 0.497 e. The Morgan fingerprint density at radius 2 is 1.89 bits per heavy atom. The first-order valence-corrected chi connectivity index (χ1v) is 7.26. The lowest BCUT2D eigenvalue weighted by atomic mass is 10.2. The lowest BCUT2D eigenvalue weighted by molar-refractivity contribution is 0.415. The first-order valence-electron chi connectivity index (χ1n) is 5.67. The van der Waals surface area contributed by atoms with E-state index in [1.807, 2.05) is 36.4 Å². The summed E-state index contributed by atoms with van der Waals surface area (Å²) < 4.78 is 7.18. The van der Waals surface area contributed by atoms with Crippen LogP contribution >= 0.6 is 31.9 Å². The molecule has 1 N–H and O–H groups in total. The van der Waals surface area contributed by atoms with Crippen molar-refractivity contribution in [1.29, 1.82) is 0 Å².